The Hall–Kier alpha value is -3.07. The molecule has 2 aromatic heterocycles. The number of aryl methyl sites for hydroxylation is 2. The Kier molecular flexibility index (Phi) is 7.29. The molecule has 3 rings (SSSR count). The van der Waals surface area contributed by atoms with Crippen molar-refractivity contribution in [2.45, 2.75) is 32.4 Å². The van der Waals surface area contributed by atoms with Crippen molar-refractivity contribution < 1.29 is 18.5 Å². The van der Waals surface area contributed by atoms with E-state index in [2.05, 4.69) is 20.8 Å². The molecule has 8 nitrogen and oxygen atoms in total. The minimum absolute atomic E-state index is 0.140. The average Bonchev–Trinajstić information content (AvgIpc) is 3.35. The highest BCUT2D eigenvalue weighted by molar-refractivity contribution is 8.01. The van der Waals surface area contributed by atoms with Gasteiger partial charge in [0.15, 0.2) is 5.82 Å². The van der Waals surface area contributed by atoms with Crippen LogP contribution in [0.4, 0.5) is 5.82 Å². The molecule has 2 amide bonds. The first-order chi connectivity index (χ1) is 14.4. The first-order valence-corrected chi connectivity index (χ1v) is 10.6. The smallest absolute Gasteiger partial charge is 0.238 e. The Balaban J connectivity index is 1.36. The lowest BCUT2D eigenvalue weighted by molar-refractivity contribution is -0.118. The fourth-order valence-electron chi connectivity index (χ4n) is 2.56. The third kappa shape index (κ3) is 6.21. The molecule has 0 spiro atoms. The number of nitrogens with one attached hydrogen (secondary N) is 2. The van der Waals surface area contributed by atoms with Crippen molar-refractivity contribution >= 4 is 29.4 Å². The van der Waals surface area contributed by atoms with Gasteiger partial charge in [0.25, 0.3) is 0 Å². The molecule has 30 heavy (non-hydrogen) atoms. The normalized spacial score (nSPS) is 11.8. The molecule has 1 atom stereocenters. The van der Waals surface area contributed by atoms with Crippen molar-refractivity contribution in [3.63, 3.8) is 0 Å². The topological polar surface area (TPSA) is 110 Å². The molecule has 0 saturated carbocycles. The maximum absolute atomic E-state index is 12.1. The molecule has 0 aliphatic carbocycles. The molecule has 3 aromatic rings. The van der Waals surface area contributed by atoms with Crippen LogP contribution in [-0.4, -0.2) is 39.5 Å². The number of benzene rings is 1. The summed E-state index contributed by atoms with van der Waals surface area (Å²) in [5, 5.41) is 8.81. The Bertz CT molecular complexity index is 997. The van der Waals surface area contributed by atoms with Crippen molar-refractivity contribution in [3.8, 4) is 11.5 Å². The highest BCUT2D eigenvalue weighted by atomic mass is 32.2. The summed E-state index contributed by atoms with van der Waals surface area (Å²) in [6, 6.07) is 9.57. The molecule has 1 aromatic carbocycles. The number of carbonyl (C=O) groups excluding carboxylic acids is 2. The van der Waals surface area contributed by atoms with Gasteiger partial charge in [-0.15, -0.1) is 11.8 Å². The molecule has 0 aliphatic rings. The van der Waals surface area contributed by atoms with Gasteiger partial charge in [0.2, 0.25) is 17.7 Å². The van der Waals surface area contributed by atoms with Crippen LogP contribution in [0, 0.1) is 13.8 Å². The summed E-state index contributed by atoms with van der Waals surface area (Å²) in [7, 11) is 0. The monoisotopic (exact) mass is 428 g/mol. The maximum Gasteiger partial charge on any atom is 0.238 e. The fraction of sp³-hybridized carbons (Fsp3) is 0.333. The van der Waals surface area contributed by atoms with Crippen LogP contribution in [0.25, 0.3) is 11.5 Å². The third-order valence-electron chi connectivity index (χ3n) is 4.27. The van der Waals surface area contributed by atoms with Crippen LogP contribution < -0.4 is 10.6 Å². The molecule has 0 saturated heterocycles. The molecule has 0 bridgehead atoms. The summed E-state index contributed by atoms with van der Waals surface area (Å²) in [5.74, 6) is 1.36. The van der Waals surface area contributed by atoms with Crippen molar-refractivity contribution in [1.82, 2.24) is 15.5 Å². The van der Waals surface area contributed by atoms with Gasteiger partial charge in [0, 0.05) is 24.6 Å². The molecular formula is C21H24N4O4S. The van der Waals surface area contributed by atoms with Crippen LogP contribution in [0.3, 0.4) is 0 Å². The lowest BCUT2D eigenvalue weighted by Gasteiger charge is -2.10. The lowest BCUT2D eigenvalue weighted by atomic mass is 10.1. The van der Waals surface area contributed by atoms with Gasteiger partial charge < -0.3 is 19.6 Å². The Morgan fingerprint density at radius 1 is 1.20 bits per heavy atom. The molecule has 0 radical (unpaired) electrons. The van der Waals surface area contributed by atoms with Crippen molar-refractivity contribution in [1.29, 1.82) is 0 Å². The number of hydrogen-bond donors (Lipinski definition) is 2. The van der Waals surface area contributed by atoms with E-state index >= 15 is 0 Å². The summed E-state index contributed by atoms with van der Waals surface area (Å²) in [6.45, 7) is 5.95. The SMILES string of the molecule is Cc1ccc(-c2nc(CCNC(=O)CSC(C)C(=O)Nc3cc(C)on3)co2)cc1. The summed E-state index contributed by atoms with van der Waals surface area (Å²) in [5.41, 5.74) is 2.86. The first kappa shape index (κ1) is 21.6. The van der Waals surface area contributed by atoms with E-state index in [4.69, 9.17) is 8.94 Å². The van der Waals surface area contributed by atoms with Crippen molar-refractivity contribution in [3.05, 3.63) is 53.6 Å². The summed E-state index contributed by atoms with van der Waals surface area (Å²) >= 11 is 1.25. The summed E-state index contributed by atoms with van der Waals surface area (Å²) in [6.07, 6.45) is 2.17. The minimum atomic E-state index is -0.402. The zero-order valence-corrected chi connectivity index (χ0v) is 17.9. The Morgan fingerprint density at radius 3 is 2.67 bits per heavy atom. The highest BCUT2D eigenvalue weighted by Gasteiger charge is 2.17. The van der Waals surface area contributed by atoms with Crippen molar-refractivity contribution in [2.75, 3.05) is 17.6 Å². The second-order valence-electron chi connectivity index (χ2n) is 6.88. The molecule has 9 heteroatoms. The zero-order chi connectivity index (χ0) is 21.5. The van der Waals surface area contributed by atoms with Gasteiger partial charge in [-0.2, -0.15) is 0 Å². The summed E-state index contributed by atoms with van der Waals surface area (Å²) < 4.78 is 10.4. The highest BCUT2D eigenvalue weighted by Crippen LogP contribution is 2.19. The lowest BCUT2D eigenvalue weighted by Crippen LogP contribution is -2.30. The van der Waals surface area contributed by atoms with Crippen LogP contribution in [-0.2, 0) is 16.0 Å². The number of oxazole rings is 1. The largest absolute Gasteiger partial charge is 0.444 e. The van der Waals surface area contributed by atoms with E-state index in [1.54, 1.807) is 26.2 Å². The van der Waals surface area contributed by atoms with Crippen LogP contribution >= 0.6 is 11.8 Å². The molecule has 2 N–H and O–H groups in total. The molecule has 158 valence electrons. The van der Waals surface area contributed by atoms with Gasteiger partial charge in [-0.05, 0) is 32.9 Å². The van der Waals surface area contributed by atoms with Gasteiger partial charge in [-0.25, -0.2) is 4.98 Å². The number of aromatic nitrogens is 2. The molecule has 0 fully saturated rings. The van der Waals surface area contributed by atoms with Crippen molar-refractivity contribution in [2.24, 2.45) is 0 Å². The number of amides is 2. The standard InChI is InChI=1S/C21H24N4O4S/c1-13-4-6-16(7-5-13)21-23-17(11-28-21)8-9-22-19(26)12-30-15(3)20(27)24-18-10-14(2)29-25-18/h4-7,10-11,15H,8-9,12H2,1-3H3,(H,22,26)(H,24,25,27). The zero-order valence-electron chi connectivity index (χ0n) is 17.1. The fourth-order valence-corrected chi connectivity index (χ4v) is 3.27. The average molecular weight is 429 g/mol. The van der Waals surface area contributed by atoms with Gasteiger partial charge in [0.05, 0.1) is 16.7 Å². The van der Waals surface area contributed by atoms with E-state index in [-0.39, 0.29) is 17.6 Å². The number of hydrogen-bond acceptors (Lipinski definition) is 7. The number of rotatable bonds is 9. The molecule has 1 unspecified atom stereocenters. The third-order valence-corrected chi connectivity index (χ3v) is 5.41. The first-order valence-electron chi connectivity index (χ1n) is 9.54. The Morgan fingerprint density at radius 2 is 1.97 bits per heavy atom. The van der Waals surface area contributed by atoms with Gasteiger partial charge in [0.1, 0.15) is 12.0 Å². The quantitative estimate of drug-likeness (QED) is 0.538. The maximum atomic E-state index is 12.1. The van der Waals surface area contributed by atoms with Crippen LogP contribution in [0.5, 0.6) is 0 Å². The number of thioether (sulfide) groups is 1. The molecule has 2 heterocycles. The molecule has 0 aliphatic heterocycles. The number of carbonyl (C=O) groups is 2. The Labute approximate surface area is 178 Å². The predicted octanol–water partition coefficient (Wildman–Crippen LogP) is 3.37. The predicted molar refractivity (Wildman–Crippen MR) is 115 cm³/mol. The van der Waals surface area contributed by atoms with Gasteiger partial charge in [-0.3, -0.25) is 9.59 Å². The number of nitrogens with zero attached hydrogens (tertiary/aromatic N) is 2. The van der Waals surface area contributed by atoms with Crippen LogP contribution in [0.15, 0.2) is 45.5 Å². The van der Waals surface area contributed by atoms with E-state index in [1.807, 2.05) is 31.2 Å². The van der Waals surface area contributed by atoms with E-state index < -0.39 is 5.25 Å². The second kappa shape index (κ2) is 10.1. The summed E-state index contributed by atoms with van der Waals surface area (Å²) in [4.78, 5) is 28.6. The minimum Gasteiger partial charge on any atom is -0.444 e. The van der Waals surface area contributed by atoms with Crippen LogP contribution in [0.2, 0.25) is 0 Å². The van der Waals surface area contributed by atoms with E-state index in [1.165, 1.54) is 17.3 Å². The van der Waals surface area contributed by atoms with Crippen LogP contribution in [0.1, 0.15) is 23.9 Å². The molecular weight excluding hydrogens is 404 g/mol. The van der Waals surface area contributed by atoms with E-state index in [0.717, 1.165) is 11.3 Å². The number of anilines is 1. The van der Waals surface area contributed by atoms with E-state index in [9.17, 15) is 9.59 Å². The van der Waals surface area contributed by atoms with Gasteiger partial charge >= 0.3 is 0 Å². The van der Waals surface area contributed by atoms with E-state index in [0.29, 0.717) is 30.4 Å². The second-order valence-corrected chi connectivity index (χ2v) is 8.20. The van der Waals surface area contributed by atoms with Gasteiger partial charge in [-0.1, -0.05) is 22.9 Å².